The van der Waals surface area contributed by atoms with Crippen molar-refractivity contribution in [2.45, 2.75) is 33.6 Å². The first-order valence-electron chi connectivity index (χ1n) is 7.63. The van der Waals surface area contributed by atoms with Crippen LogP contribution in [0.25, 0.3) is 0 Å². The van der Waals surface area contributed by atoms with Crippen molar-refractivity contribution in [1.29, 1.82) is 0 Å². The van der Waals surface area contributed by atoms with E-state index in [1.54, 1.807) is 24.3 Å². The number of amides is 2. The van der Waals surface area contributed by atoms with Gasteiger partial charge in [0, 0.05) is 29.2 Å². The lowest BCUT2D eigenvalue weighted by Crippen LogP contribution is -2.47. The SMILES string of the molecule is CC(C)(C)C(=O)N1CCC[C@H](C(=O)Nc2ccc(Cl)cc2)C1. The number of benzene rings is 1. The van der Waals surface area contributed by atoms with Crippen LogP contribution in [0.15, 0.2) is 24.3 Å². The van der Waals surface area contributed by atoms with Crippen molar-refractivity contribution in [3.63, 3.8) is 0 Å². The van der Waals surface area contributed by atoms with Crippen LogP contribution in [0.5, 0.6) is 0 Å². The molecule has 0 aromatic heterocycles. The van der Waals surface area contributed by atoms with E-state index in [1.807, 2.05) is 25.7 Å². The standard InChI is InChI=1S/C17H23ClN2O2/c1-17(2,3)16(22)20-10-4-5-12(11-20)15(21)19-14-8-6-13(18)7-9-14/h6-9,12H,4-5,10-11H2,1-3H3,(H,19,21)/t12-/m0/s1. The Bertz CT molecular complexity index is 549. The average molecular weight is 323 g/mol. The van der Waals surface area contributed by atoms with E-state index in [0.717, 1.165) is 25.1 Å². The van der Waals surface area contributed by atoms with Crippen molar-refractivity contribution in [2.24, 2.45) is 11.3 Å². The lowest BCUT2D eigenvalue weighted by molar-refractivity contribution is -0.142. The number of likely N-dealkylation sites (tertiary alicyclic amines) is 1. The summed E-state index contributed by atoms with van der Waals surface area (Å²) in [5, 5.41) is 3.54. The number of piperidine rings is 1. The van der Waals surface area contributed by atoms with Crippen LogP contribution in [-0.4, -0.2) is 29.8 Å². The second kappa shape index (κ2) is 6.69. The zero-order valence-corrected chi connectivity index (χ0v) is 14.1. The van der Waals surface area contributed by atoms with E-state index in [-0.39, 0.29) is 17.7 Å². The summed E-state index contributed by atoms with van der Waals surface area (Å²) < 4.78 is 0. The molecule has 2 rings (SSSR count). The van der Waals surface area contributed by atoms with E-state index in [4.69, 9.17) is 11.6 Å². The van der Waals surface area contributed by atoms with Crippen LogP contribution < -0.4 is 5.32 Å². The number of hydrogen-bond donors (Lipinski definition) is 1. The fraction of sp³-hybridized carbons (Fsp3) is 0.529. The molecule has 22 heavy (non-hydrogen) atoms. The second-order valence-electron chi connectivity index (χ2n) is 6.84. The average Bonchev–Trinajstić information content (AvgIpc) is 2.48. The molecule has 1 aliphatic heterocycles. The summed E-state index contributed by atoms with van der Waals surface area (Å²) in [6, 6.07) is 7.04. The Morgan fingerprint density at radius 3 is 2.45 bits per heavy atom. The molecule has 1 aromatic carbocycles. The second-order valence-corrected chi connectivity index (χ2v) is 7.27. The molecule has 0 unspecified atom stereocenters. The minimum atomic E-state index is -0.408. The zero-order valence-electron chi connectivity index (χ0n) is 13.4. The molecule has 0 aliphatic carbocycles. The van der Waals surface area contributed by atoms with Crippen molar-refractivity contribution in [1.82, 2.24) is 4.90 Å². The highest BCUT2D eigenvalue weighted by atomic mass is 35.5. The van der Waals surface area contributed by atoms with Crippen molar-refractivity contribution >= 4 is 29.1 Å². The molecule has 0 saturated carbocycles. The molecule has 4 nitrogen and oxygen atoms in total. The van der Waals surface area contributed by atoms with Gasteiger partial charge in [-0.25, -0.2) is 0 Å². The molecule has 1 fully saturated rings. The molecule has 1 atom stereocenters. The first-order valence-corrected chi connectivity index (χ1v) is 8.01. The summed E-state index contributed by atoms with van der Waals surface area (Å²) in [6.45, 7) is 6.96. The number of anilines is 1. The first kappa shape index (κ1) is 16.8. The highest BCUT2D eigenvalue weighted by Crippen LogP contribution is 2.24. The van der Waals surface area contributed by atoms with Gasteiger partial charge in [0.1, 0.15) is 0 Å². The fourth-order valence-corrected chi connectivity index (χ4v) is 2.75. The number of nitrogens with one attached hydrogen (secondary N) is 1. The molecule has 1 N–H and O–H groups in total. The van der Waals surface area contributed by atoms with Gasteiger partial charge in [0.2, 0.25) is 11.8 Å². The summed E-state index contributed by atoms with van der Waals surface area (Å²) in [5.74, 6) is -0.0825. The topological polar surface area (TPSA) is 49.4 Å². The molecule has 1 saturated heterocycles. The predicted molar refractivity (Wildman–Crippen MR) is 88.8 cm³/mol. The van der Waals surface area contributed by atoms with Crippen LogP contribution in [0.2, 0.25) is 5.02 Å². The van der Waals surface area contributed by atoms with Gasteiger partial charge in [0.05, 0.1) is 5.92 Å². The maximum Gasteiger partial charge on any atom is 0.229 e. The predicted octanol–water partition coefficient (Wildman–Crippen LogP) is 3.56. The normalized spacial score (nSPS) is 18.9. The number of carbonyl (C=O) groups excluding carboxylic acids is 2. The van der Waals surface area contributed by atoms with Crippen molar-refractivity contribution in [2.75, 3.05) is 18.4 Å². The number of hydrogen-bond acceptors (Lipinski definition) is 2. The van der Waals surface area contributed by atoms with Crippen LogP contribution in [0, 0.1) is 11.3 Å². The minimum Gasteiger partial charge on any atom is -0.341 e. The van der Waals surface area contributed by atoms with E-state index in [1.165, 1.54) is 0 Å². The van der Waals surface area contributed by atoms with Gasteiger partial charge in [0.25, 0.3) is 0 Å². The molecule has 1 heterocycles. The van der Waals surface area contributed by atoms with Gasteiger partial charge in [0.15, 0.2) is 0 Å². The van der Waals surface area contributed by atoms with Crippen LogP contribution in [-0.2, 0) is 9.59 Å². The van der Waals surface area contributed by atoms with Gasteiger partial charge in [-0.05, 0) is 37.1 Å². The summed E-state index contributed by atoms with van der Waals surface area (Å²) in [5.41, 5.74) is 0.322. The van der Waals surface area contributed by atoms with E-state index in [9.17, 15) is 9.59 Å². The molecule has 1 aromatic rings. The Kier molecular flexibility index (Phi) is 5.12. The number of rotatable bonds is 2. The van der Waals surface area contributed by atoms with Gasteiger partial charge in [-0.1, -0.05) is 32.4 Å². The minimum absolute atomic E-state index is 0.0336. The van der Waals surface area contributed by atoms with Crippen LogP contribution in [0.4, 0.5) is 5.69 Å². The molecular formula is C17H23ClN2O2. The van der Waals surface area contributed by atoms with E-state index in [2.05, 4.69) is 5.32 Å². The van der Waals surface area contributed by atoms with E-state index >= 15 is 0 Å². The van der Waals surface area contributed by atoms with Crippen molar-refractivity contribution < 1.29 is 9.59 Å². The highest BCUT2D eigenvalue weighted by molar-refractivity contribution is 6.30. The van der Waals surface area contributed by atoms with Gasteiger partial charge < -0.3 is 10.2 Å². The van der Waals surface area contributed by atoms with Crippen LogP contribution >= 0.6 is 11.6 Å². The fourth-order valence-electron chi connectivity index (χ4n) is 2.63. The molecule has 0 radical (unpaired) electrons. The largest absolute Gasteiger partial charge is 0.341 e. The Morgan fingerprint density at radius 1 is 1.23 bits per heavy atom. The maximum atomic E-state index is 12.4. The lowest BCUT2D eigenvalue weighted by atomic mass is 9.91. The third-order valence-corrected chi connectivity index (χ3v) is 4.08. The molecule has 0 bridgehead atoms. The summed E-state index contributed by atoms with van der Waals surface area (Å²) >= 11 is 5.84. The monoisotopic (exact) mass is 322 g/mol. The van der Waals surface area contributed by atoms with Crippen molar-refractivity contribution in [3.8, 4) is 0 Å². The van der Waals surface area contributed by atoms with Gasteiger partial charge in [-0.3, -0.25) is 9.59 Å². The van der Waals surface area contributed by atoms with Crippen LogP contribution in [0.3, 0.4) is 0 Å². The summed E-state index contributed by atoms with van der Waals surface area (Å²) in [4.78, 5) is 26.6. The van der Waals surface area contributed by atoms with E-state index < -0.39 is 5.41 Å². The Labute approximate surface area is 136 Å². The van der Waals surface area contributed by atoms with Crippen LogP contribution in [0.1, 0.15) is 33.6 Å². The van der Waals surface area contributed by atoms with Gasteiger partial charge in [-0.2, -0.15) is 0 Å². The van der Waals surface area contributed by atoms with Crippen molar-refractivity contribution in [3.05, 3.63) is 29.3 Å². The summed E-state index contributed by atoms with van der Waals surface area (Å²) in [7, 11) is 0. The van der Waals surface area contributed by atoms with Gasteiger partial charge >= 0.3 is 0 Å². The summed E-state index contributed by atoms with van der Waals surface area (Å²) in [6.07, 6.45) is 1.67. The molecule has 120 valence electrons. The molecule has 0 spiro atoms. The zero-order chi connectivity index (χ0) is 16.3. The molecule has 5 heteroatoms. The number of nitrogens with zero attached hydrogens (tertiary/aromatic N) is 1. The molecule has 1 aliphatic rings. The Hall–Kier alpha value is -1.55. The van der Waals surface area contributed by atoms with Gasteiger partial charge in [-0.15, -0.1) is 0 Å². The lowest BCUT2D eigenvalue weighted by Gasteiger charge is -2.35. The number of carbonyl (C=O) groups is 2. The third kappa shape index (κ3) is 4.23. The smallest absolute Gasteiger partial charge is 0.229 e. The molecular weight excluding hydrogens is 300 g/mol. The molecule has 2 amide bonds. The quantitative estimate of drug-likeness (QED) is 0.905. The van der Waals surface area contributed by atoms with E-state index in [0.29, 0.717) is 11.6 Å². The number of halogens is 1. The first-order chi connectivity index (χ1) is 10.3. The highest BCUT2D eigenvalue weighted by Gasteiger charge is 2.33. The third-order valence-electron chi connectivity index (χ3n) is 3.83. The maximum absolute atomic E-state index is 12.4. The Morgan fingerprint density at radius 2 is 1.86 bits per heavy atom. The Balaban J connectivity index is 1.98.